The van der Waals surface area contributed by atoms with Crippen molar-refractivity contribution in [2.75, 3.05) is 5.32 Å². The number of nitrogens with zero attached hydrogens (tertiary/aromatic N) is 2. The van der Waals surface area contributed by atoms with E-state index in [2.05, 4.69) is 20.3 Å². The Hall–Kier alpha value is -1.59. The van der Waals surface area contributed by atoms with E-state index in [9.17, 15) is 0 Å². The molecule has 0 saturated heterocycles. The van der Waals surface area contributed by atoms with Crippen molar-refractivity contribution in [3.63, 3.8) is 0 Å². The van der Waals surface area contributed by atoms with Crippen molar-refractivity contribution < 1.29 is 0 Å². The van der Waals surface area contributed by atoms with Crippen molar-refractivity contribution in [1.82, 2.24) is 15.0 Å². The number of anilines is 1. The molecule has 0 bridgehead atoms. The molecule has 0 atom stereocenters. The number of aromatic nitrogens is 3. The van der Waals surface area contributed by atoms with E-state index in [0.717, 1.165) is 21.9 Å². The van der Waals surface area contributed by atoms with Crippen LogP contribution in [-0.2, 0) is 6.54 Å². The predicted molar refractivity (Wildman–Crippen MR) is 70.5 cm³/mol. The van der Waals surface area contributed by atoms with Gasteiger partial charge in [-0.2, -0.15) is 0 Å². The molecule has 0 radical (unpaired) electrons. The molecule has 0 aliphatic carbocycles. The van der Waals surface area contributed by atoms with E-state index in [1.807, 2.05) is 23.7 Å². The third-order valence-electron chi connectivity index (χ3n) is 2.38. The molecule has 0 saturated carbocycles. The van der Waals surface area contributed by atoms with Crippen LogP contribution in [0.4, 0.5) is 5.82 Å². The SMILES string of the molecule is Clc1cc(NCc2nccs2)nc2[nH]ccc12. The van der Waals surface area contributed by atoms with Crippen LogP contribution in [0.5, 0.6) is 0 Å². The van der Waals surface area contributed by atoms with Gasteiger partial charge in [0.15, 0.2) is 0 Å². The number of halogens is 1. The molecule has 86 valence electrons. The number of nitrogens with one attached hydrogen (secondary N) is 2. The van der Waals surface area contributed by atoms with Crippen LogP contribution in [0.15, 0.2) is 29.9 Å². The Morgan fingerprint density at radius 1 is 1.47 bits per heavy atom. The Kier molecular flexibility index (Phi) is 2.70. The van der Waals surface area contributed by atoms with Crippen LogP contribution in [0.3, 0.4) is 0 Å². The average molecular weight is 265 g/mol. The lowest BCUT2D eigenvalue weighted by Crippen LogP contribution is -2.00. The molecule has 3 rings (SSSR count). The standard InChI is InChI=1S/C11H9ClN4S/c12-8-5-9(15-6-10-13-3-4-17-10)16-11-7(8)1-2-14-11/h1-5H,6H2,(H2,14,15,16). The minimum absolute atomic E-state index is 0.660. The number of thiazole rings is 1. The fraction of sp³-hybridized carbons (Fsp3) is 0.0909. The van der Waals surface area contributed by atoms with E-state index >= 15 is 0 Å². The molecule has 2 N–H and O–H groups in total. The Bertz CT molecular complexity index is 632. The summed E-state index contributed by atoms with van der Waals surface area (Å²) in [6.07, 6.45) is 3.62. The van der Waals surface area contributed by atoms with Crippen LogP contribution in [-0.4, -0.2) is 15.0 Å². The fourth-order valence-corrected chi connectivity index (χ4v) is 2.41. The quantitative estimate of drug-likeness (QED) is 0.763. The van der Waals surface area contributed by atoms with Crippen LogP contribution in [0, 0.1) is 0 Å². The predicted octanol–water partition coefficient (Wildman–Crippen LogP) is 3.28. The summed E-state index contributed by atoms with van der Waals surface area (Å²) < 4.78 is 0. The molecule has 6 heteroatoms. The van der Waals surface area contributed by atoms with Gasteiger partial charge < -0.3 is 10.3 Å². The summed E-state index contributed by atoms with van der Waals surface area (Å²) in [5.41, 5.74) is 0.791. The van der Waals surface area contributed by atoms with Gasteiger partial charge in [-0.1, -0.05) is 11.6 Å². The normalized spacial score (nSPS) is 10.9. The van der Waals surface area contributed by atoms with Crippen molar-refractivity contribution >= 4 is 39.8 Å². The van der Waals surface area contributed by atoms with Crippen molar-refractivity contribution in [1.29, 1.82) is 0 Å². The van der Waals surface area contributed by atoms with E-state index in [4.69, 9.17) is 11.6 Å². The number of H-pyrrole nitrogens is 1. The minimum atomic E-state index is 0.660. The highest BCUT2D eigenvalue weighted by atomic mass is 35.5. The molecular weight excluding hydrogens is 256 g/mol. The second kappa shape index (κ2) is 4.35. The van der Waals surface area contributed by atoms with E-state index < -0.39 is 0 Å². The Labute approximate surface area is 107 Å². The number of hydrogen-bond donors (Lipinski definition) is 2. The molecule has 0 aliphatic rings. The smallest absolute Gasteiger partial charge is 0.141 e. The first-order valence-electron chi connectivity index (χ1n) is 5.09. The zero-order valence-electron chi connectivity index (χ0n) is 8.77. The summed E-state index contributed by atoms with van der Waals surface area (Å²) in [6.45, 7) is 0.660. The monoisotopic (exact) mass is 264 g/mol. The number of hydrogen-bond acceptors (Lipinski definition) is 4. The van der Waals surface area contributed by atoms with Crippen LogP contribution in [0.25, 0.3) is 11.0 Å². The van der Waals surface area contributed by atoms with Crippen LogP contribution in [0.2, 0.25) is 5.02 Å². The van der Waals surface area contributed by atoms with Gasteiger partial charge in [-0.15, -0.1) is 11.3 Å². The van der Waals surface area contributed by atoms with Crippen molar-refractivity contribution in [3.8, 4) is 0 Å². The maximum Gasteiger partial charge on any atom is 0.141 e. The molecule has 0 amide bonds. The van der Waals surface area contributed by atoms with Crippen molar-refractivity contribution in [3.05, 3.63) is 39.9 Å². The molecule has 3 aromatic rings. The van der Waals surface area contributed by atoms with E-state index in [1.54, 1.807) is 17.5 Å². The van der Waals surface area contributed by atoms with Gasteiger partial charge in [0, 0.05) is 23.2 Å². The Morgan fingerprint density at radius 2 is 2.41 bits per heavy atom. The number of rotatable bonds is 3. The van der Waals surface area contributed by atoms with Crippen LogP contribution >= 0.6 is 22.9 Å². The summed E-state index contributed by atoms with van der Waals surface area (Å²) in [7, 11) is 0. The molecule has 3 aromatic heterocycles. The lowest BCUT2D eigenvalue weighted by Gasteiger charge is -2.04. The summed E-state index contributed by atoms with van der Waals surface area (Å²) in [5.74, 6) is 0.750. The molecule has 0 aliphatic heterocycles. The number of fused-ring (bicyclic) bond motifs is 1. The highest BCUT2D eigenvalue weighted by molar-refractivity contribution is 7.09. The van der Waals surface area contributed by atoms with Gasteiger partial charge in [0.2, 0.25) is 0 Å². The van der Waals surface area contributed by atoms with Gasteiger partial charge in [-0.05, 0) is 12.1 Å². The van der Waals surface area contributed by atoms with Crippen molar-refractivity contribution in [2.45, 2.75) is 6.54 Å². The van der Waals surface area contributed by atoms with Crippen LogP contribution in [0.1, 0.15) is 5.01 Å². The summed E-state index contributed by atoms with van der Waals surface area (Å²) in [5, 5.41) is 7.80. The largest absolute Gasteiger partial charge is 0.363 e. The van der Waals surface area contributed by atoms with Crippen LogP contribution < -0.4 is 5.32 Å². The average Bonchev–Trinajstić information content (AvgIpc) is 2.97. The zero-order chi connectivity index (χ0) is 11.7. The van der Waals surface area contributed by atoms with E-state index in [-0.39, 0.29) is 0 Å². The Balaban J connectivity index is 1.85. The van der Waals surface area contributed by atoms with Gasteiger partial charge in [-0.25, -0.2) is 9.97 Å². The second-order valence-electron chi connectivity index (χ2n) is 3.51. The number of aromatic amines is 1. The maximum atomic E-state index is 6.15. The lowest BCUT2D eigenvalue weighted by atomic mass is 10.3. The molecule has 3 heterocycles. The highest BCUT2D eigenvalue weighted by Gasteiger charge is 2.05. The van der Waals surface area contributed by atoms with Gasteiger partial charge in [0.25, 0.3) is 0 Å². The zero-order valence-corrected chi connectivity index (χ0v) is 10.3. The molecule has 0 unspecified atom stereocenters. The highest BCUT2D eigenvalue weighted by Crippen LogP contribution is 2.24. The summed E-state index contributed by atoms with van der Waals surface area (Å²) in [6, 6.07) is 3.74. The van der Waals surface area contributed by atoms with Gasteiger partial charge >= 0.3 is 0 Å². The molecule has 17 heavy (non-hydrogen) atoms. The number of pyridine rings is 1. The van der Waals surface area contributed by atoms with Gasteiger partial charge in [0.1, 0.15) is 16.5 Å². The fourth-order valence-electron chi connectivity index (χ4n) is 1.59. The topological polar surface area (TPSA) is 53.6 Å². The summed E-state index contributed by atoms with van der Waals surface area (Å²) >= 11 is 7.76. The van der Waals surface area contributed by atoms with Crippen molar-refractivity contribution in [2.24, 2.45) is 0 Å². The minimum Gasteiger partial charge on any atom is -0.363 e. The first kappa shape index (κ1) is 10.6. The summed E-state index contributed by atoms with van der Waals surface area (Å²) in [4.78, 5) is 11.7. The molecule has 0 fully saturated rings. The van der Waals surface area contributed by atoms with Gasteiger partial charge in [-0.3, -0.25) is 0 Å². The van der Waals surface area contributed by atoms with Gasteiger partial charge in [0.05, 0.1) is 11.6 Å². The first-order valence-corrected chi connectivity index (χ1v) is 6.34. The maximum absolute atomic E-state index is 6.15. The Morgan fingerprint density at radius 3 is 3.24 bits per heavy atom. The second-order valence-corrected chi connectivity index (χ2v) is 4.89. The third kappa shape index (κ3) is 2.11. The lowest BCUT2D eigenvalue weighted by molar-refractivity contribution is 1.08. The van der Waals surface area contributed by atoms with E-state index in [1.165, 1.54) is 0 Å². The molecule has 0 aromatic carbocycles. The molecule has 4 nitrogen and oxygen atoms in total. The molecule has 0 spiro atoms. The molecular formula is C11H9ClN4S. The van der Waals surface area contributed by atoms with E-state index in [0.29, 0.717) is 11.6 Å². The third-order valence-corrected chi connectivity index (χ3v) is 3.47. The first-order chi connectivity index (χ1) is 8.33.